The standard InChI is InChI=1S/C24H18Cl2FNS.ClH/c1-13-5-4-6-14(9-13)16-11-21(17-10-20(27)19(26)12-18(17)25)28-24-23(16)15-7-2-3-8-22(15)29-24;/h4-6,9-12H,2-3,7-8H2,1H3;1H. The van der Waals surface area contributed by atoms with Gasteiger partial charge in [0.2, 0.25) is 0 Å². The van der Waals surface area contributed by atoms with Crippen molar-refractivity contribution in [3.63, 3.8) is 0 Å². The highest BCUT2D eigenvalue weighted by molar-refractivity contribution is 7.19. The number of hydrogen-bond donors (Lipinski definition) is 0. The highest BCUT2D eigenvalue weighted by Gasteiger charge is 2.22. The van der Waals surface area contributed by atoms with Crippen LogP contribution in [0.3, 0.4) is 0 Å². The Morgan fingerprint density at radius 3 is 2.57 bits per heavy atom. The van der Waals surface area contributed by atoms with Crippen molar-refractivity contribution in [1.82, 2.24) is 4.98 Å². The minimum Gasteiger partial charge on any atom is -0.237 e. The zero-order valence-electron chi connectivity index (χ0n) is 16.3. The molecule has 0 bridgehead atoms. The van der Waals surface area contributed by atoms with Gasteiger partial charge < -0.3 is 0 Å². The Morgan fingerprint density at radius 2 is 1.77 bits per heavy atom. The summed E-state index contributed by atoms with van der Waals surface area (Å²) < 4.78 is 14.2. The third-order valence-electron chi connectivity index (χ3n) is 5.54. The molecule has 154 valence electrons. The van der Waals surface area contributed by atoms with Crippen molar-refractivity contribution in [2.75, 3.05) is 0 Å². The number of nitrogens with zero attached hydrogens (tertiary/aromatic N) is 1. The van der Waals surface area contributed by atoms with Gasteiger partial charge in [-0.25, -0.2) is 9.37 Å². The van der Waals surface area contributed by atoms with Gasteiger partial charge in [0.1, 0.15) is 10.6 Å². The van der Waals surface area contributed by atoms with Crippen molar-refractivity contribution < 1.29 is 4.39 Å². The molecule has 0 spiro atoms. The molecular formula is C24H19Cl3FNS. The van der Waals surface area contributed by atoms with Crippen molar-refractivity contribution >= 4 is 57.2 Å². The maximum atomic E-state index is 14.2. The first kappa shape index (κ1) is 21.6. The molecule has 0 atom stereocenters. The Morgan fingerprint density at radius 1 is 0.967 bits per heavy atom. The van der Waals surface area contributed by atoms with Crippen LogP contribution in [-0.4, -0.2) is 4.98 Å². The van der Waals surface area contributed by atoms with Crippen LogP contribution in [0.4, 0.5) is 4.39 Å². The first-order valence-electron chi connectivity index (χ1n) is 9.68. The number of hydrogen-bond acceptors (Lipinski definition) is 2. The molecular weight excluding hydrogens is 460 g/mol. The first-order valence-corrected chi connectivity index (χ1v) is 11.3. The zero-order valence-corrected chi connectivity index (χ0v) is 19.4. The molecule has 30 heavy (non-hydrogen) atoms. The number of thiophene rings is 1. The second-order valence-corrected chi connectivity index (χ2v) is 9.46. The predicted octanol–water partition coefficient (Wildman–Crippen LogP) is 8.69. The molecule has 2 aromatic carbocycles. The third kappa shape index (κ3) is 3.73. The van der Waals surface area contributed by atoms with E-state index in [9.17, 15) is 4.39 Å². The quantitative estimate of drug-likeness (QED) is 0.263. The smallest absolute Gasteiger partial charge is 0.142 e. The molecule has 0 amide bonds. The van der Waals surface area contributed by atoms with Crippen LogP contribution in [0.2, 0.25) is 10.0 Å². The summed E-state index contributed by atoms with van der Waals surface area (Å²) >= 11 is 14.1. The molecule has 2 heterocycles. The van der Waals surface area contributed by atoms with E-state index >= 15 is 0 Å². The molecule has 0 radical (unpaired) electrons. The summed E-state index contributed by atoms with van der Waals surface area (Å²) in [5.41, 5.74) is 6.16. The van der Waals surface area contributed by atoms with E-state index in [0.717, 1.165) is 28.8 Å². The lowest BCUT2D eigenvalue weighted by atomic mass is 9.91. The Hall–Kier alpha value is -1.65. The van der Waals surface area contributed by atoms with Gasteiger partial charge >= 0.3 is 0 Å². The third-order valence-corrected chi connectivity index (χ3v) is 7.33. The van der Waals surface area contributed by atoms with E-state index in [1.165, 1.54) is 46.4 Å². The normalized spacial score (nSPS) is 13.2. The van der Waals surface area contributed by atoms with Gasteiger partial charge in [-0.1, -0.05) is 53.0 Å². The Labute approximate surface area is 195 Å². The lowest BCUT2D eigenvalue weighted by molar-refractivity contribution is 0.628. The summed E-state index contributed by atoms with van der Waals surface area (Å²) in [6.45, 7) is 2.09. The van der Waals surface area contributed by atoms with Crippen LogP contribution in [0.5, 0.6) is 0 Å². The van der Waals surface area contributed by atoms with Crippen LogP contribution in [0.15, 0.2) is 42.5 Å². The minimum atomic E-state index is -0.490. The van der Waals surface area contributed by atoms with Crippen LogP contribution in [0.1, 0.15) is 28.8 Å². The molecule has 0 saturated carbocycles. The molecule has 1 aliphatic carbocycles. The molecule has 0 saturated heterocycles. The summed E-state index contributed by atoms with van der Waals surface area (Å²) in [6, 6.07) is 13.4. The van der Waals surface area contributed by atoms with Crippen LogP contribution in [0, 0.1) is 12.7 Å². The van der Waals surface area contributed by atoms with Crippen molar-refractivity contribution in [3.05, 3.63) is 74.3 Å². The summed E-state index contributed by atoms with van der Waals surface area (Å²) in [5, 5.41) is 1.66. The van der Waals surface area contributed by atoms with Crippen molar-refractivity contribution in [1.29, 1.82) is 0 Å². The van der Waals surface area contributed by atoms with Crippen LogP contribution in [0.25, 0.3) is 32.6 Å². The Kier molecular flexibility index (Phi) is 6.09. The number of halogens is 4. The van der Waals surface area contributed by atoms with E-state index in [-0.39, 0.29) is 17.4 Å². The lowest BCUT2D eigenvalue weighted by Crippen LogP contribution is -1.99. The number of benzene rings is 2. The summed E-state index contributed by atoms with van der Waals surface area (Å²) in [4.78, 5) is 7.34. The van der Waals surface area contributed by atoms with Gasteiger partial charge in [0.25, 0.3) is 0 Å². The SMILES string of the molecule is Cc1cccc(-c2cc(-c3cc(F)c(Cl)cc3Cl)nc3sc4c(c23)CCCC4)c1.Cl. The van der Waals surface area contributed by atoms with E-state index in [1.807, 2.05) is 6.07 Å². The molecule has 4 aromatic rings. The van der Waals surface area contributed by atoms with Gasteiger partial charge in [-0.3, -0.25) is 0 Å². The fourth-order valence-electron chi connectivity index (χ4n) is 4.16. The second kappa shape index (κ2) is 8.47. The van der Waals surface area contributed by atoms with E-state index in [0.29, 0.717) is 16.3 Å². The number of fused-ring (bicyclic) bond motifs is 3. The molecule has 0 aliphatic heterocycles. The molecule has 5 rings (SSSR count). The first-order chi connectivity index (χ1) is 14.0. The highest BCUT2D eigenvalue weighted by atomic mass is 35.5. The number of aromatic nitrogens is 1. The van der Waals surface area contributed by atoms with E-state index in [2.05, 4.69) is 31.2 Å². The molecule has 0 fully saturated rings. The van der Waals surface area contributed by atoms with Gasteiger partial charge in [-0.2, -0.15) is 0 Å². The van der Waals surface area contributed by atoms with Crippen molar-refractivity contribution in [3.8, 4) is 22.4 Å². The van der Waals surface area contributed by atoms with Gasteiger partial charge in [0.15, 0.2) is 0 Å². The predicted molar refractivity (Wildman–Crippen MR) is 129 cm³/mol. The fourth-order valence-corrected chi connectivity index (χ4v) is 5.92. The Balaban J connectivity index is 0.00000218. The van der Waals surface area contributed by atoms with Gasteiger partial charge in [0, 0.05) is 15.8 Å². The lowest BCUT2D eigenvalue weighted by Gasteiger charge is -2.14. The van der Waals surface area contributed by atoms with Crippen LogP contribution in [-0.2, 0) is 12.8 Å². The van der Waals surface area contributed by atoms with E-state index in [4.69, 9.17) is 28.2 Å². The average Bonchev–Trinajstić information content (AvgIpc) is 3.08. The minimum absolute atomic E-state index is 0. The average molecular weight is 479 g/mol. The topological polar surface area (TPSA) is 12.9 Å². The molecule has 1 aliphatic rings. The maximum Gasteiger partial charge on any atom is 0.142 e. The highest BCUT2D eigenvalue weighted by Crippen LogP contribution is 2.43. The fraction of sp³-hybridized carbons (Fsp3) is 0.208. The van der Waals surface area contributed by atoms with Crippen molar-refractivity contribution in [2.45, 2.75) is 32.6 Å². The summed E-state index contributed by atoms with van der Waals surface area (Å²) in [5.74, 6) is -0.490. The van der Waals surface area contributed by atoms with Crippen LogP contribution < -0.4 is 0 Å². The molecule has 6 heteroatoms. The van der Waals surface area contributed by atoms with Crippen molar-refractivity contribution in [2.24, 2.45) is 0 Å². The monoisotopic (exact) mass is 477 g/mol. The molecule has 1 nitrogen and oxygen atoms in total. The zero-order chi connectivity index (χ0) is 20.1. The van der Waals surface area contributed by atoms with Crippen LogP contribution >= 0.6 is 46.9 Å². The maximum absolute atomic E-state index is 14.2. The van der Waals surface area contributed by atoms with Gasteiger partial charge in [0.05, 0.1) is 15.7 Å². The summed E-state index contributed by atoms with van der Waals surface area (Å²) in [7, 11) is 0. The Bertz CT molecular complexity index is 1270. The summed E-state index contributed by atoms with van der Waals surface area (Å²) in [6.07, 6.45) is 4.63. The number of aryl methyl sites for hydroxylation is 3. The van der Waals surface area contributed by atoms with E-state index in [1.54, 1.807) is 11.3 Å². The second-order valence-electron chi connectivity index (χ2n) is 7.56. The van der Waals surface area contributed by atoms with Gasteiger partial charge in [-0.15, -0.1) is 23.7 Å². The largest absolute Gasteiger partial charge is 0.237 e. The molecule has 2 aromatic heterocycles. The van der Waals surface area contributed by atoms with E-state index < -0.39 is 5.82 Å². The molecule has 0 unspecified atom stereocenters. The molecule has 0 N–H and O–H groups in total. The number of rotatable bonds is 2. The van der Waals surface area contributed by atoms with Gasteiger partial charge in [-0.05, 0) is 67.5 Å². The number of pyridine rings is 1.